The van der Waals surface area contributed by atoms with E-state index in [0.717, 1.165) is 12.4 Å². The van der Waals surface area contributed by atoms with E-state index in [9.17, 15) is 47.6 Å². The SMILES string of the molecule is O=P([O-])(O)C1(Cc2cccnc2)OP(=O)(O)C(Cc2cccnc2)(P(=O)([O-])O)OP1(=O)O.[Na+].[Na+]. The molecule has 1 fully saturated rings. The summed E-state index contributed by atoms with van der Waals surface area (Å²) in [5.41, 5.74) is -0.297. The summed E-state index contributed by atoms with van der Waals surface area (Å²) in [5.74, 6) is 0. The van der Waals surface area contributed by atoms with E-state index in [0.29, 0.717) is 0 Å². The maximum absolute atomic E-state index is 13.1. The maximum atomic E-state index is 13.1. The van der Waals surface area contributed by atoms with Crippen molar-refractivity contribution >= 4 is 30.4 Å². The molecule has 6 atom stereocenters. The molecule has 0 amide bonds. The fraction of sp³-hybridized carbons (Fsp3) is 0.286. The maximum Gasteiger partial charge on any atom is 1.00 e. The third-order valence-corrected chi connectivity index (χ3v) is 13.9. The monoisotopic (exact) mass is 574 g/mol. The van der Waals surface area contributed by atoms with Crippen molar-refractivity contribution in [3.8, 4) is 0 Å². The summed E-state index contributed by atoms with van der Waals surface area (Å²) in [6.45, 7) is 0. The summed E-state index contributed by atoms with van der Waals surface area (Å²) in [6, 6.07) is 4.95. The fourth-order valence-electron chi connectivity index (χ4n) is 3.07. The van der Waals surface area contributed by atoms with Crippen LogP contribution in [0.25, 0.3) is 0 Å². The largest absolute Gasteiger partial charge is 1.00 e. The van der Waals surface area contributed by atoms with Crippen LogP contribution in [0.3, 0.4) is 0 Å². The Hall–Kier alpha value is 0.900. The van der Waals surface area contributed by atoms with Gasteiger partial charge in [-0.2, -0.15) is 0 Å². The molecule has 34 heavy (non-hydrogen) atoms. The molecule has 2 aromatic rings. The number of pyridine rings is 2. The molecule has 4 N–H and O–H groups in total. The van der Waals surface area contributed by atoms with Crippen LogP contribution >= 0.6 is 30.4 Å². The van der Waals surface area contributed by atoms with E-state index in [1.807, 2.05) is 0 Å². The smallest absolute Gasteiger partial charge is 0.776 e. The zero-order valence-corrected chi connectivity index (χ0v) is 25.3. The van der Waals surface area contributed by atoms with Crippen molar-refractivity contribution in [3.05, 3.63) is 60.2 Å². The molecule has 0 spiro atoms. The quantitative estimate of drug-likeness (QED) is 0.186. The molecule has 0 aromatic carbocycles. The van der Waals surface area contributed by atoms with Gasteiger partial charge in [-0.1, -0.05) is 12.1 Å². The molecule has 2 aromatic heterocycles. The van der Waals surface area contributed by atoms with Crippen LogP contribution in [-0.4, -0.2) is 39.7 Å². The first-order valence-corrected chi connectivity index (χ1v) is 14.8. The summed E-state index contributed by atoms with van der Waals surface area (Å²) in [6.07, 6.45) is 2.11. The van der Waals surface area contributed by atoms with Gasteiger partial charge >= 0.3 is 74.3 Å². The van der Waals surface area contributed by atoms with Gasteiger partial charge in [0.2, 0.25) is 10.2 Å². The summed E-state index contributed by atoms with van der Waals surface area (Å²) in [7, 11) is -24.4. The van der Waals surface area contributed by atoms with Crippen molar-refractivity contribution in [2.45, 2.75) is 23.0 Å². The standard InChI is InChI=1S/C14H18N2O12P4.2Na/c17-29(18,19)13(7-11-3-1-5-15-9-11)27-32(25,26)14(30(20,21)22,28-31(13,23)24)8-12-4-2-6-16-10-12;;/h1-6,9-10H,7-8H2,(H,23,24)(H,25,26)(H2,17,18,19)(H2,20,21,22);;/q;2*+1/p-2. The summed E-state index contributed by atoms with van der Waals surface area (Å²) in [4.78, 5) is 72.3. The molecule has 3 heterocycles. The molecule has 0 saturated carbocycles. The molecule has 0 aliphatic carbocycles. The molecular formula is C14H16N2Na2O12P4. The zero-order valence-electron chi connectivity index (χ0n) is 17.8. The van der Waals surface area contributed by atoms with Crippen LogP contribution in [-0.2, 0) is 40.1 Å². The van der Waals surface area contributed by atoms with E-state index in [1.165, 1.54) is 36.7 Å². The van der Waals surface area contributed by atoms with E-state index in [1.54, 1.807) is 0 Å². The van der Waals surface area contributed by atoms with Crippen molar-refractivity contribution in [3.63, 3.8) is 0 Å². The Morgan fingerprint density at radius 3 is 1.38 bits per heavy atom. The third-order valence-electron chi connectivity index (χ3n) is 4.62. The summed E-state index contributed by atoms with van der Waals surface area (Å²) >= 11 is 0. The minimum absolute atomic E-state index is 0. The number of hydrogen-bond donors (Lipinski definition) is 4. The van der Waals surface area contributed by atoms with Crippen molar-refractivity contribution in [2.24, 2.45) is 0 Å². The van der Waals surface area contributed by atoms with Gasteiger partial charge in [-0.05, 0) is 23.3 Å². The second-order valence-electron chi connectivity index (χ2n) is 6.83. The van der Waals surface area contributed by atoms with E-state index in [4.69, 9.17) is 0 Å². The van der Waals surface area contributed by atoms with Crippen molar-refractivity contribution in [1.29, 1.82) is 0 Å². The molecule has 1 aliphatic heterocycles. The van der Waals surface area contributed by atoms with Crippen molar-refractivity contribution < 1.29 is 116 Å². The molecular weight excluding hydrogens is 558 g/mol. The van der Waals surface area contributed by atoms with E-state index in [-0.39, 0.29) is 70.2 Å². The van der Waals surface area contributed by atoms with Gasteiger partial charge in [0.15, 0.2) is 15.2 Å². The Morgan fingerprint density at radius 1 is 0.824 bits per heavy atom. The first-order chi connectivity index (χ1) is 14.6. The molecule has 1 aliphatic rings. The van der Waals surface area contributed by atoms with E-state index in [2.05, 4.69) is 19.0 Å². The van der Waals surface area contributed by atoms with Crippen LogP contribution in [0.5, 0.6) is 0 Å². The second-order valence-corrected chi connectivity index (χ2v) is 15.0. The number of hydrogen-bond acceptors (Lipinski definition) is 10. The molecule has 6 unspecified atom stereocenters. The molecule has 14 nitrogen and oxygen atoms in total. The molecule has 20 heteroatoms. The van der Waals surface area contributed by atoms with E-state index >= 15 is 0 Å². The van der Waals surface area contributed by atoms with Gasteiger partial charge in [0, 0.05) is 37.6 Å². The Morgan fingerprint density at radius 2 is 1.15 bits per heavy atom. The normalized spacial score (nSPS) is 34.5. The van der Waals surface area contributed by atoms with Gasteiger partial charge in [0.05, 0.1) is 0 Å². The first-order valence-electron chi connectivity index (χ1n) is 8.50. The minimum atomic E-state index is -6.19. The van der Waals surface area contributed by atoms with Gasteiger partial charge < -0.3 is 38.5 Å². The van der Waals surface area contributed by atoms with Crippen LogP contribution in [0, 0.1) is 0 Å². The molecule has 176 valence electrons. The minimum Gasteiger partial charge on any atom is -0.776 e. The molecule has 1 saturated heterocycles. The third kappa shape index (κ3) is 5.97. The Kier molecular flexibility index (Phi) is 11.0. The van der Waals surface area contributed by atoms with Gasteiger partial charge in [0.25, 0.3) is 0 Å². The van der Waals surface area contributed by atoms with Crippen LogP contribution in [0.15, 0.2) is 49.1 Å². The van der Waals surface area contributed by atoms with Crippen LogP contribution < -0.4 is 68.9 Å². The second kappa shape index (κ2) is 11.3. The van der Waals surface area contributed by atoms with Crippen molar-refractivity contribution in [1.82, 2.24) is 9.97 Å². The van der Waals surface area contributed by atoms with Crippen LogP contribution in [0.1, 0.15) is 11.1 Å². The molecule has 3 rings (SSSR count). The number of aromatic nitrogens is 2. The van der Waals surface area contributed by atoms with Gasteiger partial charge in [-0.25, -0.2) is 0 Å². The van der Waals surface area contributed by atoms with Gasteiger partial charge in [0.1, 0.15) is 0 Å². The fourth-order valence-corrected chi connectivity index (χ4v) is 11.6. The average Bonchev–Trinajstić information content (AvgIpc) is 2.65. The number of nitrogens with zero attached hydrogens (tertiary/aromatic N) is 2. The average molecular weight is 574 g/mol. The Bertz CT molecular complexity index is 1100. The van der Waals surface area contributed by atoms with Crippen molar-refractivity contribution in [2.75, 3.05) is 0 Å². The van der Waals surface area contributed by atoms with Crippen LogP contribution in [0.2, 0.25) is 0 Å². The van der Waals surface area contributed by atoms with E-state index < -0.39 is 53.4 Å². The first kappa shape index (κ1) is 32.9. The summed E-state index contributed by atoms with van der Waals surface area (Å²) < 4.78 is 59.9. The zero-order chi connectivity index (χ0) is 24.1. The Labute approximate surface area is 237 Å². The predicted molar refractivity (Wildman–Crippen MR) is 103 cm³/mol. The predicted octanol–water partition coefficient (Wildman–Crippen LogP) is -5.91. The number of rotatable bonds is 6. The van der Waals surface area contributed by atoms with Crippen LogP contribution in [0.4, 0.5) is 0 Å². The Balaban J connectivity index is 0.00000289. The topological polar surface area (TPSA) is 240 Å². The summed E-state index contributed by atoms with van der Waals surface area (Å²) in [5, 5.41) is -7.55. The molecule has 0 bridgehead atoms. The van der Waals surface area contributed by atoms with Gasteiger partial charge in [-0.3, -0.25) is 28.1 Å². The molecule has 0 radical (unpaired) electrons. The van der Waals surface area contributed by atoms with Gasteiger partial charge in [-0.15, -0.1) is 0 Å².